The lowest BCUT2D eigenvalue weighted by atomic mass is 9.98. The Morgan fingerprint density at radius 2 is 1.97 bits per heavy atom. The lowest BCUT2D eigenvalue weighted by Gasteiger charge is -2.24. The van der Waals surface area contributed by atoms with Crippen molar-refractivity contribution in [2.24, 2.45) is 0 Å². The van der Waals surface area contributed by atoms with E-state index in [0.29, 0.717) is 16.5 Å². The molecule has 4 rings (SSSR count). The van der Waals surface area contributed by atoms with Gasteiger partial charge in [-0.3, -0.25) is 14.4 Å². The normalized spacial score (nSPS) is 19.9. The molecule has 2 aromatic carbocycles. The summed E-state index contributed by atoms with van der Waals surface area (Å²) in [7, 11) is 0. The fraction of sp³-hybridized carbons (Fsp3) is 0.346. The van der Waals surface area contributed by atoms with Crippen LogP contribution in [0.5, 0.6) is 5.75 Å². The zero-order valence-electron chi connectivity index (χ0n) is 19.4. The molecule has 1 N–H and O–H groups in total. The van der Waals surface area contributed by atoms with Crippen LogP contribution in [-0.4, -0.2) is 50.3 Å². The first-order chi connectivity index (χ1) is 16.5. The first-order valence-electron chi connectivity index (χ1n) is 11.2. The average Bonchev–Trinajstić information content (AvgIpc) is 3.31. The Labute approximate surface area is 206 Å². The van der Waals surface area contributed by atoms with Gasteiger partial charge in [-0.1, -0.05) is 23.7 Å². The van der Waals surface area contributed by atoms with E-state index in [1.165, 1.54) is 53.8 Å². The number of rotatable bonds is 7. The SMILES string of the molecule is CC(=O)c1cn(CC(=O)N2C[C@](C)(F)C[C@H]2C(=O)CCc2cccc(Cl)c2F)c2cc(O)ccc12. The molecule has 1 saturated heterocycles. The van der Waals surface area contributed by atoms with E-state index in [1.807, 2.05) is 0 Å². The van der Waals surface area contributed by atoms with Crippen molar-refractivity contribution in [1.29, 1.82) is 0 Å². The zero-order valence-corrected chi connectivity index (χ0v) is 20.1. The van der Waals surface area contributed by atoms with E-state index in [4.69, 9.17) is 11.6 Å². The fourth-order valence-corrected chi connectivity index (χ4v) is 4.88. The van der Waals surface area contributed by atoms with Crippen molar-refractivity contribution >= 4 is 40.0 Å². The standard InChI is InChI=1S/C26H25ClF2N2O4/c1-15(32)19-12-30(21-10-17(33)7-8-18(19)21)13-24(35)31-14-26(2,29)11-22(31)23(34)9-6-16-4-3-5-20(27)25(16)28/h3-5,7-8,10,12,22,33H,6,9,11,13-14H2,1-2H3/t22-,26+/m0/s1. The second kappa shape index (κ2) is 9.41. The van der Waals surface area contributed by atoms with E-state index in [2.05, 4.69) is 0 Å². The average molecular weight is 503 g/mol. The number of carbonyl (C=O) groups is 3. The number of aromatic nitrogens is 1. The molecule has 0 bridgehead atoms. The van der Waals surface area contributed by atoms with Gasteiger partial charge >= 0.3 is 0 Å². The third-order valence-electron chi connectivity index (χ3n) is 6.41. The Morgan fingerprint density at radius 3 is 2.69 bits per heavy atom. The molecule has 184 valence electrons. The van der Waals surface area contributed by atoms with Gasteiger partial charge in [0, 0.05) is 36.1 Å². The van der Waals surface area contributed by atoms with Crippen molar-refractivity contribution in [1.82, 2.24) is 9.47 Å². The number of amides is 1. The Bertz CT molecular complexity index is 1330. The maximum Gasteiger partial charge on any atom is 0.243 e. The predicted molar refractivity (Wildman–Crippen MR) is 128 cm³/mol. The smallest absolute Gasteiger partial charge is 0.243 e. The Hall–Kier alpha value is -3.26. The summed E-state index contributed by atoms with van der Waals surface area (Å²) in [5.74, 6) is -1.68. The van der Waals surface area contributed by atoms with Gasteiger partial charge in [-0.25, -0.2) is 8.78 Å². The Balaban J connectivity index is 1.55. The first kappa shape index (κ1) is 24.9. The van der Waals surface area contributed by atoms with E-state index in [0.717, 1.165) is 0 Å². The van der Waals surface area contributed by atoms with Gasteiger partial charge in [-0.05, 0) is 44.0 Å². The number of carbonyl (C=O) groups excluding carboxylic acids is 3. The van der Waals surface area contributed by atoms with Crippen molar-refractivity contribution in [3.05, 3.63) is 64.6 Å². The number of aryl methyl sites for hydroxylation is 1. The number of nitrogens with zero attached hydrogens (tertiary/aromatic N) is 2. The van der Waals surface area contributed by atoms with Crippen LogP contribution < -0.4 is 0 Å². The van der Waals surface area contributed by atoms with Crippen LogP contribution in [0.4, 0.5) is 8.78 Å². The van der Waals surface area contributed by atoms with Gasteiger partial charge in [0.2, 0.25) is 5.91 Å². The molecule has 0 radical (unpaired) electrons. The van der Waals surface area contributed by atoms with Crippen molar-refractivity contribution < 1.29 is 28.3 Å². The van der Waals surface area contributed by atoms with E-state index >= 15 is 0 Å². The van der Waals surface area contributed by atoms with Gasteiger partial charge in [-0.15, -0.1) is 0 Å². The number of aromatic hydroxyl groups is 1. The van der Waals surface area contributed by atoms with Crippen LogP contribution in [0.2, 0.25) is 5.02 Å². The van der Waals surface area contributed by atoms with Gasteiger partial charge < -0.3 is 14.6 Å². The van der Waals surface area contributed by atoms with Crippen LogP contribution in [0.25, 0.3) is 10.9 Å². The minimum atomic E-state index is -1.75. The molecule has 3 aromatic rings. The molecule has 0 saturated carbocycles. The molecular formula is C26H25ClF2N2O4. The van der Waals surface area contributed by atoms with Crippen LogP contribution >= 0.6 is 11.6 Å². The monoisotopic (exact) mass is 502 g/mol. The molecule has 1 aliphatic heterocycles. The van der Waals surface area contributed by atoms with Gasteiger partial charge in [0.25, 0.3) is 0 Å². The summed E-state index contributed by atoms with van der Waals surface area (Å²) in [6.45, 7) is 2.25. The van der Waals surface area contributed by atoms with Crippen LogP contribution in [0.15, 0.2) is 42.6 Å². The van der Waals surface area contributed by atoms with Crippen LogP contribution in [0.3, 0.4) is 0 Å². The number of halogens is 3. The van der Waals surface area contributed by atoms with Crippen LogP contribution in [0.1, 0.15) is 42.6 Å². The highest BCUT2D eigenvalue weighted by Gasteiger charge is 2.46. The molecule has 0 unspecified atom stereocenters. The highest BCUT2D eigenvalue weighted by molar-refractivity contribution is 6.30. The van der Waals surface area contributed by atoms with Gasteiger partial charge in [0.15, 0.2) is 11.6 Å². The number of likely N-dealkylation sites (tertiary alicyclic amines) is 1. The minimum Gasteiger partial charge on any atom is -0.508 e. The molecule has 2 heterocycles. The molecule has 0 spiro atoms. The third-order valence-corrected chi connectivity index (χ3v) is 6.70. The van der Waals surface area contributed by atoms with Crippen molar-refractivity contribution in [2.75, 3.05) is 6.54 Å². The second-order valence-electron chi connectivity index (χ2n) is 9.26. The molecule has 1 aliphatic rings. The first-order valence-corrected chi connectivity index (χ1v) is 11.6. The molecule has 1 fully saturated rings. The fourth-order valence-electron chi connectivity index (χ4n) is 4.69. The zero-order chi connectivity index (χ0) is 25.5. The summed E-state index contributed by atoms with van der Waals surface area (Å²) in [6.07, 6.45) is 1.38. The van der Waals surface area contributed by atoms with Gasteiger partial charge in [-0.2, -0.15) is 0 Å². The Morgan fingerprint density at radius 1 is 1.23 bits per heavy atom. The summed E-state index contributed by atoms with van der Waals surface area (Å²) in [4.78, 5) is 39.6. The number of ketones is 2. The molecule has 0 aliphatic carbocycles. The molecular weight excluding hydrogens is 478 g/mol. The summed E-state index contributed by atoms with van der Waals surface area (Å²) >= 11 is 5.81. The summed E-state index contributed by atoms with van der Waals surface area (Å²) in [6, 6.07) is 8.04. The molecule has 6 nitrogen and oxygen atoms in total. The topological polar surface area (TPSA) is 79.6 Å². The lowest BCUT2D eigenvalue weighted by molar-refractivity contribution is -0.138. The highest BCUT2D eigenvalue weighted by atomic mass is 35.5. The third kappa shape index (κ3) is 5.07. The van der Waals surface area contributed by atoms with Gasteiger partial charge in [0.1, 0.15) is 23.8 Å². The van der Waals surface area contributed by atoms with E-state index in [9.17, 15) is 28.3 Å². The van der Waals surface area contributed by atoms with Gasteiger partial charge in [0.05, 0.1) is 23.1 Å². The molecule has 35 heavy (non-hydrogen) atoms. The van der Waals surface area contributed by atoms with E-state index in [1.54, 1.807) is 12.1 Å². The number of Topliss-reactive ketones (excluding diaryl/α,β-unsaturated/α-hetero) is 2. The van der Waals surface area contributed by atoms with E-state index < -0.39 is 23.4 Å². The Kier molecular flexibility index (Phi) is 6.68. The number of benzene rings is 2. The quantitative estimate of drug-likeness (QED) is 0.467. The minimum absolute atomic E-state index is 0.0294. The maximum atomic E-state index is 15.0. The molecule has 2 atom stereocenters. The predicted octanol–water partition coefficient (Wildman–Crippen LogP) is 4.87. The molecule has 1 amide bonds. The molecule has 9 heteroatoms. The second-order valence-corrected chi connectivity index (χ2v) is 9.67. The lowest BCUT2D eigenvalue weighted by Crippen LogP contribution is -2.42. The van der Waals surface area contributed by atoms with Crippen molar-refractivity contribution in [3.8, 4) is 5.75 Å². The summed E-state index contributed by atoms with van der Waals surface area (Å²) in [5, 5.41) is 10.4. The maximum absolute atomic E-state index is 15.0. The number of hydrogen-bond donors (Lipinski definition) is 1. The van der Waals surface area contributed by atoms with Crippen molar-refractivity contribution in [3.63, 3.8) is 0 Å². The van der Waals surface area contributed by atoms with Crippen molar-refractivity contribution in [2.45, 2.75) is 51.4 Å². The highest BCUT2D eigenvalue weighted by Crippen LogP contribution is 2.33. The largest absolute Gasteiger partial charge is 0.508 e. The molecule has 1 aromatic heterocycles. The number of phenolic OH excluding ortho intramolecular Hbond substituents is 1. The number of fused-ring (bicyclic) bond motifs is 1. The summed E-state index contributed by atoms with van der Waals surface area (Å²) < 4.78 is 30.7. The van der Waals surface area contributed by atoms with E-state index in [-0.39, 0.29) is 60.3 Å². The number of phenols is 1. The summed E-state index contributed by atoms with van der Waals surface area (Å²) in [5.41, 5.74) is -0.607. The van der Waals surface area contributed by atoms with Crippen LogP contribution in [0, 0.1) is 5.82 Å². The number of hydrogen-bond acceptors (Lipinski definition) is 4. The number of alkyl halides is 1. The van der Waals surface area contributed by atoms with Crippen LogP contribution in [-0.2, 0) is 22.6 Å².